The van der Waals surface area contributed by atoms with E-state index in [1.165, 1.54) is 12.8 Å². The monoisotopic (exact) mass is 354 g/mol. The molecule has 4 rings (SSSR count). The van der Waals surface area contributed by atoms with E-state index in [4.69, 9.17) is 0 Å². The summed E-state index contributed by atoms with van der Waals surface area (Å²) in [5, 5.41) is 6.70. The van der Waals surface area contributed by atoms with E-state index in [0.29, 0.717) is 17.8 Å². The number of nitrogens with zero attached hydrogens (tertiary/aromatic N) is 2. The quantitative estimate of drug-likeness (QED) is 0.869. The van der Waals surface area contributed by atoms with E-state index in [1.807, 2.05) is 24.3 Å². The van der Waals surface area contributed by atoms with Gasteiger partial charge >= 0.3 is 0 Å². The van der Waals surface area contributed by atoms with Gasteiger partial charge in [0.15, 0.2) is 0 Å². The topological polar surface area (TPSA) is 66.9 Å². The number of benzene rings is 1. The van der Waals surface area contributed by atoms with Gasteiger partial charge in [-0.15, -0.1) is 24.8 Å². The minimum absolute atomic E-state index is 0. The third kappa shape index (κ3) is 3.74. The predicted molar refractivity (Wildman–Crippen MR) is 94.5 cm³/mol. The second-order valence-corrected chi connectivity index (χ2v) is 6.02. The van der Waals surface area contributed by atoms with Gasteiger partial charge in [-0.25, -0.2) is 4.98 Å². The normalized spacial score (nSPS) is 25.3. The number of fused-ring (bicyclic) bond motifs is 3. The third-order valence-electron chi connectivity index (χ3n) is 4.49. The molecular weight excluding hydrogens is 335 g/mol. The number of hydrogen-bond donors (Lipinski definition) is 2. The van der Waals surface area contributed by atoms with Crippen LogP contribution in [0, 0.1) is 0 Å². The van der Waals surface area contributed by atoms with Gasteiger partial charge in [0, 0.05) is 18.1 Å². The van der Waals surface area contributed by atoms with Crippen LogP contribution in [0.1, 0.15) is 36.2 Å². The van der Waals surface area contributed by atoms with Gasteiger partial charge in [0.1, 0.15) is 5.69 Å². The molecule has 1 aromatic heterocycles. The lowest BCUT2D eigenvalue weighted by Crippen LogP contribution is -2.48. The molecule has 2 fully saturated rings. The largest absolute Gasteiger partial charge is 0.348 e. The van der Waals surface area contributed by atoms with Gasteiger partial charge in [0.25, 0.3) is 5.91 Å². The summed E-state index contributed by atoms with van der Waals surface area (Å²) in [6.07, 6.45) is 6.06. The number of rotatable bonds is 2. The van der Waals surface area contributed by atoms with Crippen LogP contribution < -0.4 is 10.6 Å². The molecule has 0 spiro atoms. The lowest BCUT2D eigenvalue weighted by molar-refractivity contribution is 0.0919. The van der Waals surface area contributed by atoms with Crippen LogP contribution in [0.15, 0.2) is 30.5 Å². The van der Waals surface area contributed by atoms with E-state index in [-0.39, 0.29) is 36.8 Å². The summed E-state index contributed by atoms with van der Waals surface area (Å²) >= 11 is 0. The average Bonchev–Trinajstić information content (AvgIpc) is 2.85. The Morgan fingerprint density at radius 3 is 2.43 bits per heavy atom. The lowest BCUT2D eigenvalue weighted by atomic mass is 10.00. The number of aromatic nitrogens is 2. The first-order chi connectivity index (χ1) is 10.3. The standard InChI is InChI=1S/C16H18N4O.2ClH/c21-16(19-12-7-10-5-6-11(8-12)18-10)15-9-17-13-3-1-2-4-14(13)20-15;;/h1-4,9-12,18H,5-8H2,(H,19,21);2*1H. The highest BCUT2D eigenvalue weighted by Crippen LogP contribution is 2.26. The summed E-state index contributed by atoms with van der Waals surface area (Å²) in [5.74, 6) is -0.112. The van der Waals surface area contributed by atoms with Crippen molar-refractivity contribution in [1.82, 2.24) is 20.6 Å². The zero-order chi connectivity index (χ0) is 14.2. The van der Waals surface area contributed by atoms with Crippen LogP contribution in [0.4, 0.5) is 0 Å². The Morgan fingerprint density at radius 1 is 1.09 bits per heavy atom. The van der Waals surface area contributed by atoms with Gasteiger partial charge in [-0.3, -0.25) is 9.78 Å². The summed E-state index contributed by atoms with van der Waals surface area (Å²) in [4.78, 5) is 21.1. The van der Waals surface area contributed by atoms with Crippen LogP contribution in [0.3, 0.4) is 0 Å². The number of para-hydroxylation sites is 2. The first kappa shape index (κ1) is 17.9. The molecule has 2 aliphatic heterocycles. The summed E-state index contributed by atoms with van der Waals surface area (Å²) in [5.41, 5.74) is 1.98. The SMILES string of the molecule is Cl.Cl.O=C(NC1CC2CCC(C1)N2)c1cnc2ccccc2n1. The fraction of sp³-hybridized carbons (Fsp3) is 0.438. The second-order valence-electron chi connectivity index (χ2n) is 6.02. The van der Waals surface area contributed by atoms with E-state index in [1.54, 1.807) is 6.20 Å². The molecule has 1 amide bonds. The molecule has 1 aromatic carbocycles. The molecule has 5 nitrogen and oxygen atoms in total. The molecule has 2 N–H and O–H groups in total. The Balaban J connectivity index is 0.000000960. The fourth-order valence-electron chi connectivity index (χ4n) is 3.50. The van der Waals surface area contributed by atoms with Crippen molar-refractivity contribution in [2.45, 2.75) is 43.8 Å². The predicted octanol–water partition coefficient (Wildman–Crippen LogP) is 2.49. The number of carbonyl (C=O) groups excluding carboxylic acids is 1. The van der Waals surface area contributed by atoms with Crippen LogP contribution in [0.2, 0.25) is 0 Å². The number of amides is 1. The van der Waals surface area contributed by atoms with E-state index < -0.39 is 0 Å². The van der Waals surface area contributed by atoms with Crippen molar-refractivity contribution in [3.8, 4) is 0 Å². The molecule has 23 heavy (non-hydrogen) atoms. The van der Waals surface area contributed by atoms with Crippen LogP contribution >= 0.6 is 24.8 Å². The van der Waals surface area contributed by atoms with Crippen molar-refractivity contribution in [3.63, 3.8) is 0 Å². The highest BCUT2D eigenvalue weighted by Gasteiger charge is 2.34. The first-order valence-electron chi connectivity index (χ1n) is 7.56. The highest BCUT2D eigenvalue weighted by atomic mass is 35.5. The number of halogens is 2. The van der Waals surface area contributed by atoms with Crippen LogP contribution in [0.5, 0.6) is 0 Å². The minimum atomic E-state index is -0.112. The molecule has 2 aromatic rings. The summed E-state index contributed by atoms with van der Waals surface area (Å²) in [6, 6.07) is 8.99. The smallest absolute Gasteiger partial charge is 0.271 e. The molecule has 124 valence electrons. The van der Waals surface area contributed by atoms with Crippen molar-refractivity contribution in [2.24, 2.45) is 0 Å². The molecule has 3 heterocycles. The number of nitrogens with one attached hydrogen (secondary N) is 2. The Labute approximate surface area is 147 Å². The van der Waals surface area contributed by atoms with Crippen molar-refractivity contribution in [1.29, 1.82) is 0 Å². The maximum atomic E-state index is 12.4. The first-order valence-corrected chi connectivity index (χ1v) is 7.56. The Morgan fingerprint density at radius 2 is 1.74 bits per heavy atom. The summed E-state index contributed by atoms with van der Waals surface area (Å²) in [6.45, 7) is 0. The third-order valence-corrected chi connectivity index (χ3v) is 4.49. The molecule has 2 saturated heterocycles. The van der Waals surface area contributed by atoms with Crippen LogP contribution in [0.25, 0.3) is 11.0 Å². The minimum Gasteiger partial charge on any atom is -0.348 e. The summed E-state index contributed by atoms with van der Waals surface area (Å²) < 4.78 is 0. The van der Waals surface area contributed by atoms with Crippen LogP contribution in [-0.2, 0) is 0 Å². The van der Waals surface area contributed by atoms with Crippen molar-refractivity contribution >= 4 is 41.8 Å². The van der Waals surface area contributed by atoms with Crippen molar-refractivity contribution in [3.05, 3.63) is 36.2 Å². The molecule has 0 radical (unpaired) electrons. The van der Waals surface area contributed by atoms with Gasteiger partial charge in [-0.2, -0.15) is 0 Å². The van der Waals surface area contributed by atoms with Gasteiger partial charge in [0.2, 0.25) is 0 Å². The Bertz CT molecular complexity index is 685. The average molecular weight is 355 g/mol. The Kier molecular flexibility index (Phi) is 5.79. The van der Waals surface area contributed by atoms with E-state index >= 15 is 0 Å². The lowest BCUT2D eigenvalue weighted by Gasteiger charge is -2.29. The van der Waals surface area contributed by atoms with Gasteiger partial charge in [-0.05, 0) is 37.8 Å². The zero-order valence-electron chi connectivity index (χ0n) is 12.6. The second kappa shape index (κ2) is 7.43. The van der Waals surface area contributed by atoms with Crippen molar-refractivity contribution in [2.75, 3.05) is 0 Å². The molecule has 0 aliphatic carbocycles. The Hall–Kier alpha value is -1.43. The fourth-order valence-corrected chi connectivity index (χ4v) is 3.50. The number of carbonyl (C=O) groups is 1. The van der Waals surface area contributed by atoms with E-state index in [2.05, 4.69) is 20.6 Å². The van der Waals surface area contributed by atoms with Crippen molar-refractivity contribution < 1.29 is 4.79 Å². The zero-order valence-corrected chi connectivity index (χ0v) is 14.2. The van der Waals surface area contributed by atoms with Crippen LogP contribution in [-0.4, -0.2) is 34.0 Å². The van der Waals surface area contributed by atoms with Gasteiger partial charge in [-0.1, -0.05) is 12.1 Å². The van der Waals surface area contributed by atoms with E-state index in [9.17, 15) is 4.79 Å². The molecule has 0 saturated carbocycles. The molecule has 2 atom stereocenters. The maximum Gasteiger partial charge on any atom is 0.271 e. The molecule has 2 unspecified atom stereocenters. The molecular formula is C16H20Cl2N4O. The van der Waals surface area contributed by atoms with E-state index in [0.717, 1.165) is 23.9 Å². The summed E-state index contributed by atoms with van der Waals surface area (Å²) in [7, 11) is 0. The molecule has 7 heteroatoms. The van der Waals surface area contributed by atoms with Gasteiger partial charge in [0.05, 0.1) is 17.2 Å². The molecule has 2 bridgehead atoms. The highest BCUT2D eigenvalue weighted by molar-refractivity contribution is 5.93. The molecule has 2 aliphatic rings. The number of piperidine rings is 1. The van der Waals surface area contributed by atoms with Gasteiger partial charge < -0.3 is 10.6 Å². The maximum absolute atomic E-state index is 12.4. The number of hydrogen-bond acceptors (Lipinski definition) is 4.